The van der Waals surface area contributed by atoms with Crippen LogP contribution in [-0.4, -0.2) is 57.4 Å². The van der Waals surface area contributed by atoms with Crippen molar-refractivity contribution in [1.29, 1.82) is 0 Å². The summed E-state index contributed by atoms with van der Waals surface area (Å²) in [5.41, 5.74) is 0. The first-order chi connectivity index (χ1) is 9.85. The molecular formula is C13H20N6S. The van der Waals surface area contributed by atoms with E-state index in [1.165, 1.54) is 10.0 Å². The lowest BCUT2D eigenvalue weighted by Crippen LogP contribution is -2.47. The molecule has 0 saturated carbocycles. The molecule has 0 spiro atoms. The fraction of sp³-hybridized carbons (Fsp3) is 0.615. The molecule has 0 amide bonds. The van der Waals surface area contributed by atoms with Gasteiger partial charge in [0, 0.05) is 43.8 Å². The van der Waals surface area contributed by atoms with Crippen LogP contribution in [0.15, 0.2) is 18.9 Å². The summed E-state index contributed by atoms with van der Waals surface area (Å²) in [5, 5.41) is 5.31. The van der Waals surface area contributed by atoms with Crippen LogP contribution in [0.3, 0.4) is 0 Å². The number of rotatable bonds is 5. The summed E-state index contributed by atoms with van der Waals surface area (Å²) >= 11 is 1.83. The lowest BCUT2D eigenvalue weighted by Gasteiger charge is -2.34. The van der Waals surface area contributed by atoms with Gasteiger partial charge >= 0.3 is 0 Å². The van der Waals surface area contributed by atoms with Gasteiger partial charge in [-0.2, -0.15) is 5.10 Å². The predicted molar refractivity (Wildman–Crippen MR) is 80.2 cm³/mol. The molecule has 0 radical (unpaired) electrons. The maximum absolute atomic E-state index is 4.53. The van der Waals surface area contributed by atoms with Gasteiger partial charge < -0.3 is 4.90 Å². The van der Waals surface area contributed by atoms with Crippen LogP contribution in [0.2, 0.25) is 0 Å². The molecule has 0 N–H and O–H groups in total. The Hall–Kier alpha value is -1.47. The minimum absolute atomic E-state index is 0.914. The van der Waals surface area contributed by atoms with E-state index in [1.54, 1.807) is 12.7 Å². The van der Waals surface area contributed by atoms with Crippen molar-refractivity contribution in [2.24, 2.45) is 0 Å². The third-order valence-electron chi connectivity index (χ3n) is 3.64. The van der Waals surface area contributed by atoms with Gasteiger partial charge in [0.15, 0.2) is 5.13 Å². The van der Waals surface area contributed by atoms with Crippen molar-refractivity contribution in [1.82, 2.24) is 24.6 Å². The smallest absolute Gasteiger partial charge is 0.185 e. The number of aromatic nitrogens is 4. The lowest BCUT2D eigenvalue weighted by molar-refractivity contribution is 0.244. The molecule has 0 aliphatic carbocycles. The van der Waals surface area contributed by atoms with E-state index >= 15 is 0 Å². The van der Waals surface area contributed by atoms with Crippen molar-refractivity contribution in [2.75, 3.05) is 37.6 Å². The average molecular weight is 292 g/mol. The summed E-state index contributed by atoms with van der Waals surface area (Å²) in [5.74, 6) is 0. The van der Waals surface area contributed by atoms with Crippen LogP contribution < -0.4 is 4.90 Å². The van der Waals surface area contributed by atoms with Gasteiger partial charge in [-0.15, -0.1) is 11.3 Å². The molecule has 0 atom stereocenters. The zero-order valence-corrected chi connectivity index (χ0v) is 12.6. The largest absolute Gasteiger partial charge is 0.346 e. The Balaban J connectivity index is 1.46. The quantitative estimate of drug-likeness (QED) is 0.826. The Bertz CT molecular complexity index is 515. The highest BCUT2D eigenvalue weighted by Gasteiger charge is 2.19. The van der Waals surface area contributed by atoms with Gasteiger partial charge in [0.2, 0.25) is 0 Å². The monoisotopic (exact) mass is 292 g/mol. The third kappa shape index (κ3) is 3.16. The SMILES string of the molecule is CCc1cnc(N2CCN(CCn3cncn3)CC2)s1. The molecule has 0 aromatic carbocycles. The van der Waals surface area contributed by atoms with Gasteiger partial charge in [-0.25, -0.2) is 9.97 Å². The van der Waals surface area contributed by atoms with E-state index in [2.05, 4.69) is 31.8 Å². The molecule has 1 fully saturated rings. The second kappa shape index (κ2) is 6.32. The summed E-state index contributed by atoms with van der Waals surface area (Å²) in [6.07, 6.45) is 6.45. The summed E-state index contributed by atoms with van der Waals surface area (Å²) in [4.78, 5) is 14.7. The van der Waals surface area contributed by atoms with E-state index in [-0.39, 0.29) is 0 Å². The molecule has 1 aliphatic heterocycles. The summed E-state index contributed by atoms with van der Waals surface area (Å²) in [6.45, 7) is 8.44. The second-order valence-corrected chi connectivity index (χ2v) is 6.04. The molecule has 1 aliphatic rings. The Morgan fingerprint density at radius 2 is 2.05 bits per heavy atom. The van der Waals surface area contributed by atoms with Crippen molar-refractivity contribution < 1.29 is 0 Å². The molecule has 2 aromatic heterocycles. The number of aryl methyl sites for hydroxylation is 1. The first-order valence-corrected chi connectivity index (χ1v) is 7.91. The molecule has 20 heavy (non-hydrogen) atoms. The minimum Gasteiger partial charge on any atom is -0.346 e. The van der Waals surface area contributed by atoms with E-state index in [9.17, 15) is 0 Å². The molecule has 7 heteroatoms. The zero-order chi connectivity index (χ0) is 13.8. The number of nitrogens with zero attached hydrogens (tertiary/aromatic N) is 6. The topological polar surface area (TPSA) is 50.1 Å². The number of anilines is 1. The Morgan fingerprint density at radius 1 is 1.20 bits per heavy atom. The number of hydrogen-bond donors (Lipinski definition) is 0. The Morgan fingerprint density at radius 3 is 2.70 bits per heavy atom. The molecule has 1 saturated heterocycles. The summed E-state index contributed by atoms with van der Waals surface area (Å²) in [6, 6.07) is 0. The van der Waals surface area contributed by atoms with Crippen LogP contribution in [0.1, 0.15) is 11.8 Å². The van der Waals surface area contributed by atoms with Crippen LogP contribution in [0.25, 0.3) is 0 Å². The molecule has 0 unspecified atom stereocenters. The van der Waals surface area contributed by atoms with E-state index in [0.717, 1.165) is 45.7 Å². The van der Waals surface area contributed by atoms with E-state index in [0.29, 0.717) is 0 Å². The van der Waals surface area contributed by atoms with Crippen LogP contribution >= 0.6 is 11.3 Å². The van der Waals surface area contributed by atoms with Crippen LogP contribution in [-0.2, 0) is 13.0 Å². The normalized spacial score (nSPS) is 16.8. The minimum atomic E-state index is 0.914. The fourth-order valence-corrected chi connectivity index (χ4v) is 3.26. The predicted octanol–water partition coefficient (Wildman–Crippen LogP) is 1.12. The number of piperazine rings is 1. The fourth-order valence-electron chi connectivity index (χ4n) is 2.36. The number of hydrogen-bond acceptors (Lipinski definition) is 6. The van der Waals surface area contributed by atoms with Gasteiger partial charge in [0.25, 0.3) is 0 Å². The Labute approximate surface area is 123 Å². The molecule has 2 aromatic rings. The van der Waals surface area contributed by atoms with E-state index in [1.807, 2.05) is 22.2 Å². The second-order valence-electron chi connectivity index (χ2n) is 4.95. The van der Waals surface area contributed by atoms with Crippen molar-refractivity contribution in [3.63, 3.8) is 0 Å². The maximum Gasteiger partial charge on any atom is 0.185 e. The van der Waals surface area contributed by atoms with Gasteiger partial charge in [-0.05, 0) is 6.42 Å². The first-order valence-electron chi connectivity index (χ1n) is 7.09. The highest BCUT2D eigenvalue weighted by molar-refractivity contribution is 7.15. The molecule has 6 nitrogen and oxygen atoms in total. The van der Waals surface area contributed by atoms with Crippen LogP contribution in [0.4, 0.5) is 5.13 Å². The van der Waals surface area contributed by atoms with Gasteiger partial charge in [0.1, 0.15) is 12.7 Å². The number of thiazole rings is 1. The van der Waals surface area contributed by atoms with Crippen LogP contribution in [0.5, 0.6) is 0 Å². The first kappa shape index (κ1) is 13.5. The van der Waals surface area contributed by atoms with E-state index in [4.69, 9.17) is 0 Å². The van der Waals surface area contributed by atoms with Gasteiger partial charge in [-0.1, -0.05) is 6.92 Å². The van der Waals surface area contributed by atoms with Gasteiger partial charge in [0.05, 0.1) is 6.54 Å². The molecule has 0 bridgehead atoms. The summed E-state index contributed by atoms with van der Waals surface area (Å²) < 4.78 is 1.89. The molecule has 108 valence electrons. The lowest BCUT2D eigenvalue weighted by atomic mass is 10.3. The van der Waals surface area contributed by atoms with E-state index < -0.39 is 0 Å². The highest BCUT2D eigenvalue weighted by atomic mass is 32.1. The van der Waals surface area contributed by atoms with Crippen molar-refractivity contribution in [3.05, 3.63) is 23.7 Å². The third-order valence-corrected chi connectivity index (χ3v) is 4.85. The highest BCUT2D eigenvalue weighted by Crippen LogP contribution is 2.23. The summed E-state index contributed by atoms with van der Waals surface area (Å²) in [7, 11) is 0. The Kier molecular flexibility index (Phi) is 4.27. The van der Waals surface area contributed by atoms with Crippen molar-refractivity contribution >= 4 is 16.5 Å². The molecule has 3 rings (SSSR count). The van der Waals surface area contributed by atoms with Crippen LogP contribution in [0, 0.1) is 0 Å². The molecule has 3 heterocycles. The molecular weight excluding hydrogens is 272 g/mol. The van der Waals surface area contributed by atoms with Crippen molar-refractivity contribution in [2.45, 2.75) is 19.9 Å². The van der Waals surface area contributed by atoms with Gasteiger partial charge in [-0.3, -0.25) is 9.58 Å². The average Bonchev–Trinajstić information content (AvgIpc) is 3.17. The zero-order valence-electron chi connectivity index (χ0n) is 11.8. The standard InChI is InChI=1S/C13H20N6S/c1-2-12-9-15-13(20-12)18-6-3-17(4-7-18)5-8-19-11-14-10-16-19/h9-11H,2-8H2,1H3. The maximum atomic E-state index is 4.53. The van der Waals surface area contributed by atoms with Crippen molar-refractivity contribution in [3.8, 4) is 0 Å².